The number of nitrogens with two attached hydrogens (primary N) is 1. The quantitative estimate of drug-likeness (QED) is 0.816. The molecule has 4 rings (SSSR count). The van der Waals surface area contributed by atoms with Crippen LogP contribution in [-0.2, 0) is 0 Å². The molecule has 0 saturated carbocycles. The van der Waals surface area contributed by atoms with Gasteiger partial charge in [-0.1, -0.05) is 12.1 Å². The molecule has 152 valence electrons. The van der Waals surface area contributed by atoms with Crippen molar-refractivity contribution in [1.82, 2.24) is 4.90 Å². The largest absolute Gasteiger partial charge is 0.494 e. The van der Waals surface area contributed by atoms with Gasteiger partial charge in [0.25, 0.3) is 0 Å². The lowest BCUT2D eigenvalue weighted by molar-refractivity contribution is 0.340. The summed E-state index contributed by atoms with van der Waals surface area (Å²) >= 11 is 0. The standard InChI is InChI=1S/C22H28N6O/c1-3-29-19-11-9-17(10-12-19)24-21-25-20(23)26-22(27-13-4-5-14-27)28(21)18-8-6-7-16(2)15-18/h6-12,15,21,24H,3-5,13-14H2,1-2H3,(H2,23,25). The number of aliphatic imine (C=N–C) groups is 2. The summed E-state index contributed by atoms with van der Waals surface area (Å²) in [6.07, 6.45) is 1.94. The first-order chi connectivity index (χ1) is 14.1. The van der Waals surface area contributed by atoms with Gasteiger partial charge in [0.15, 0.2) is 0 Å². The Labute approximate surface area is 171 Å². The Bertz CT molecular complexity index is 902. The first kappa shape index (κ1) is 19.1. The Hall–Kier alpha value is -3.22. The van der Waals surface area contributed by atoms with Gasteiger partial charge in [0.1, 0.15) is 5.75 Å². The van der Waals surface area contributed by atoms with Gasteiger partial charge in [-0.3, -0.25) is 4.90 Å². The molecule has 2 aliphatic heterocycles. The second-order valence-corrected chi connectivity index (χ2v) is 7.28. The molecule has 2 aliphatic rings. The Morgan fingerprint density at radius 1 is 1.14 bits per heavy atom. The number of nitrogens with one attached hydrogen (secondary N) is 1. The number of hydrogen-bond acceptors (Lipinski definition) is 7. The van der Waals surface area contributed by atoms with Gasteiger partial charge < -0.3 is 20.7 Å². The van der Waals surface area contributed by atoms with Crippen LogP contribution in [-0.4, -0.2) is 42.8 Å². The zero-order valence-corrected chi connectivity index (χ0v) is 17.0. The van der Waals surface area contributed by atoms with E-state index >= 15 is 0 Å². The monoisotopic (exact) mass is 392 g/mol. The lowest BCUT2D eigenvalue weighted by Gasteiger charge is -2.38. The number of guanidine groups is 2. The number of aryl methyl sites for hydroxylation is 1. The third-order valence-corrected chi connectivity index (χ3v) is 5.06. The highest BCUT2D eigenvalue weighted by Gasteiger charge is 2.32. The predicted octanol–water partition coefficient (Wildman–Crippen LogP) is 3.38. The molecule has 2 aromatic carbocycles. The topological polar surface area (TPSA) is 78.5 Å². The molecule has 2 aromatic rings. The maximum absolute atomic E-state index is 6.12. The third-order valence-electron chi connectivity index (χ3n) is 5.06. The van der Waals surface area contributed by atoms with Crippen molar-refractivity contribution in [3.8, 4) is 5.75 Å². The van der Waals surface area contributed by atoms with E-state index in [2.05, 4.69) is 56.3 Å². The summed E-state index contributed by atoms with van der Waals surface area (Å²) in [6.45, 7) is 6.67. The highest BCUT2D eigenvalue weighted by atomic mass is 16.5. The van der Waals surface area contributed by atoms with Crippen LogP contribution in [0.4, 0.5) is 11.4 Å². The molecule has 0 aromatic heterocycles. The zero-order chi connectivity index (χ0) is 20.2. The Morgan fingerprint density at radius 3 is 2.59 bits per heavy atom. The summed E-state index contributed by atoms with van der Waals surface area (Å²) in [6, 6.07) is 16.3. The smallest absolute Gasteiger partial charge is 0.222 e. The molecular formula is C22H28N6O. The van der Waals surface area contributed by atoms with Crippen LogP contribution < -0.4 is 20.7 Å². The van der Waals surface area contributed by atoms with Crippen molar-refractivity contribution in [2.45, 2.75) is 33.0 Å². The SMILES string of the molecule is CCOc1ccc(NC2N=C(N)N=C(N3CCCC3)N2c2cccc(C)c2)cc1. The van der Waals surface area contributed by atoms with E-state index in [1.807, 2.05) is 31.2 Å². The predicted molar refractivity (Wildman–Crippen MR) is 119 cm³/mol. The molecular weight excluding hydrogens is 364 g/mol. The van der Waals surface area contributed by atoms with Crippen LogP contribution in [0.2, 0.25) is 0 Å². The van der Waals surface area contributed by atoms with Gasteiger partial charge in [0, 0.05) is 24.5 Å². The van der Waals surface area contributed by atoms with Crippen molar-refractivity contribution in [2.75, 3.05) is 29.9 Å². The van der Waals surface area contributed by atoms with Crippen LogP contribution in [0.1, 0.15) is 25.3 Å². The summed E-state index contributed by atoms with van der Waals surface area (Å²) in [5, 5.41) is 3.50. The van der Waals surface area contributed by atoms with Crippen LogP contribution >= 0.6 is 0 Å². The maximum atomic E-state index is 6.12. The van der Waals surface area contributed by atoms with Crippen LogP contribution in [0.15, 0.2) is 58.5 Å². The minimum atomic E-state index is -0.386. The van der Waals surface area contributed by atoms with E-state index in [-0.39, 0.29) is 6.29 Å². The number of likely N-dealkylation sites (tertiary alicyclic amines) is 1. The summed E-state index contributed by atoms with van der Waals surface area (Å²) < 4.78 is 5.54. The number of anilines is 2. The Kier molecular flexibility index (Phi) is 5.55. The normalized spacial score (nSPS) is 19.0. The van der Waals surface area contributed by atoms with Crippen molar-refractivity contribution >= 4 is 23.3 Å². The minimum absolute atomic E-state index is 0.291. The van der Waals surface area contributed by atoms with Gasteiger partial charge in [-0.05, 0) is 68.7 Å². The molecule has 1 fully saturated rings. The Balaban J connectivity index is 1.67. The van der Waals surface area contributed by atoms with E-state index in [0.717, 1.165) is 49.0 Å². The lowest BCUT2D eigenvalue weighted by Crippen LogP contribution is -2.54. The number of rotatable bonds is 5. The van der Waals surface area contributed by atoms with Gasteiger partial charge >= 0.3 is 0 Å². The van der Waals surface area contributed by atoms with Crippen LogP contribution in [0.25, 0.3) is 0 Å². The molecule has 3 N–H and O–H groups in total. The molecule has 0 amide bonds. The maximum Gasteiger partial charge on any atom is 0.222 e. The van der Waals surface area contributed by atoms with Crippen molar-refractivity contribution < 1.29 is 4.74 Å². The average molecular weight is 393 g/mol. The summed E-state index contributed by atoms with van der Waals surface area (Å²) in [4.78, 5) is 13.6. The van der Waals surface area contributed by atoms with Crippen LogP contribution in [0.5, 0.6) is 5.75 Å². The molecule has 7 heteroatoms. The molecule has 0 radical (unpaired) electrons. The minimum Gasteiger partial charge on any atom is -0.494 e. The van der Waals surface area contributed by atoms with Crippen LogP contribution in [0.3, 0.4) is 0 Å². The fraction of sp³-hybridized carbons (Fsp3) is 0.364. The number of ether oxygens (including phenoxy) is 1. The first-order valence-corrected chi connectivity index (χ1v) is 10.2. The summed E-state index contributed by atoms with van der Waals surface area (Å²) in [7, 11) is 0. The molecule has 7 nitrogen and oxygen atoms in total. The highest BCUT2D eigenvalue weighted by molar-refractivity contribution is 6.06. The fourth-order valence-corrected chi connectivity index (χ4v) is 3.71. The number of benzene rings is 2. The lowest BCUT2D eigenvalue weighted by atomic mass is 10.2. The first-order valence-electron chi connectivity index (χ1n) is 10.2. The van der Waals surface area contributed by atoms with E-state index < -0.39 is 0 Å². The van der Waals surface area contributed by atoms with Gasteiger partial charge in [0.2, 0.25) is 18.2 Å². The van der Waals surface area contributed by atoms with E-state index in [4.69, 9.17) is 10.5 Å². The Morgan fingerprint density at radius 2 is 1.90 bits per heavy atom. The molecule has 0 bridgehead atoms. The highest BCUT2D eigenvalue weighted by Crippen LogP contribution is 2.26. The molecule has 0 spiro atoms. The molecule has 2 heterocycles. The number of nitrogens with zero attached hydrogens (tertiary/aromatic N) is 4. The third kappa shape index (κ3) is 4.29. The average Bonchev–Trinajstić information content (AvgIpc) is 3.24. The zero-order valence-electron chi connectivity index (χ0n) is 17.0. The molecule has 1 atom stereocenters. The van der Waals surface area contributed by atoms with Gasteiger partial charge in [-0.15, -0.1) is 0 Å². The van der Waals surface area contributed by atoms with Crippen molar-refractivity contribution in [3.05, 3.63) is 54.1 Å². The molecule has 0 aliphatic carbocycles. The van der Waals surface area contributed by atoms with Crippen molar-refractivity contribution in [2.24, 2.45) is 15.7 Å². The number of hydrogen-bond donors (Lipinski definition) is 2. The molecule has 1 unspecified atom stereocenters. The van der Waals surface area contributed by atoms with Crippen LogP contribution in [0, 0.1) is 6.92 Å². The van der Waals surface area contributed by atoms with Gasteiger partial charge in [-0.2, -0.15) is 4.99 Å². The molecule has 29 heavy (non-hydrogen) atoms. The van der Waals surface area contributed by atoms with Gasteiger partial charge in [-0.25, -0.2) is 4.99 Å². The van der Waals surface area contributed by atoms with E-state index in [1.165, 1.54) is 5.56 Å². The fourth-order valence-electron chi connectivity index (χ4n) is 3.71. The second-order valence-electron chi connectivity index (χ2n) is 7.28. The van der Waals surface area contributed by atoms with E-state index in [0.29, 0.717) is 12.6 Å². The van der Waals surface area contributed by atoms with Crippen molar-refractivity contribution in [1.29, 1.82) is 0 Å². The van der Waals surface area contributed by atoms with E-state index in [1.54, 1.807) is 0 Å². The van der Waals surface area contributed by atoms with Crippen molar-refractivity contribution in [3.63, 3.8) is 0 Å². The second kappa shape index (κ2) is 8.43. The van der Waals surface area contributed by atoms with E-state index in [9.17, 15) is 0 Å². The molecule has 1 saturated heterocycles. The summed E-state index contributed by atoms with van der Waals surface area (Å²) in [5.41, 5.74) is 9.28. The van der Waals surface area contributed by atoms with Gasteiger partial charge in [0.05, 0.1) is 6.61 Å². The summed E-state index contributed by atoms with van der Waals surface area (Å²) in [5.74, 6) is 1.99.